The van der Waals surface area contributed by atoms with Gasteiger partial charge in [-0.3, -0.25) is 4.79 Å². The Balaban J connectivity index is 1.89. The molecule has 1 atom stereocenters. The highest BCUT2D eigenvalue weighted by molar-refractivity contribution is 5.80. The molecule has 1 N–H and O–H groups in total. The molecule has 1 saturated carbocycles. The molecule has 0 aromatic carbocycles. The molecule has 3 nitrogen and oxygen atoms in total. The SMILES string of the molecule is CNCCC1CCCCN1C(=O)C1CCC1. The second-order valence-corrected chi connectivity index (χ2v) is 5.20. The molecule has 1 aliphatic carbocycles. The molecule has 1 aliphatic heterocycles. The van der Waals surface area contributed by atoms with Crippen LogP contribution in [-0.2, 0) is 4.79 Å². The molecule has 0 spiro atoms. The number of likely N-dealkylation sites (tertiary alicyclic amines) is 1. The fraction of sp³-hybridized carbons (Fsp3) is 0.923. The van der Waals surface area contributed by atoms with Gasteiger partial charge >= 0.3 is 0 Å². The third-order valence-corrected chi connectivity index (χ3v) is 4.09. The lowest BCUT2D eigenvalue weighted by atomic mass is 9.83. The van der Waals surface area contributed by atoms with Crippen molar-refractivity contribution in [3.05, 3.63) is 0 Å². The first-order chi connectivity index (χ1) is 7.83. The van der Waals surface area contributed by atoms with Crippen LogP contribution >= 0.6 is 0 Å². The van der Waals surface area contributed by atoms with Crippen molar-refractivity contribution in [2.75, 3.05) is 20.1 Å². The molecule has 2 aliphatic rings. The van der Waals surface area contributed by atoms with Crippen LogP contribution in [0.15, 0.2) is 0 Å². The number of nitrogens with one attached hydrogen (secondary N) is 1. The van der Waals surface area contributed by atoms with Crippen molar-refractivity contribution < 1.29 is 4.79 Å². The third kappa shape index (κ3) is 2.57. The molecule has 0 aromatic rings. The van der Waals surface area contributed by atoms with Crippen molar-refractivity contribution in [1.82, 2.24) is 10.2 Å². The smallest absolute Gasteiger partial charge is 0.225 e. The molecule has 16 heavy (non-hydrogen) atoms. The number of nitrogens with zero attached hydrogens (tertiary/aromatic N) is 1. The summed E-state index contributed by atoms with van der Waals surface area (Å²) in [5, 5.41) is 3.19. The highest BCUT2D eigenvalue weighted by Crippen LogP contribution is 2.31. The molecule has 0 bridgehead atoms. The minimum Gasteiger partial charge on any atom is -0.339 e. The molecular formula is C13H24N2O. The van der Waals surface area contributed by atoms with Crippen LogP contribution in [0.2, 0.25) is 0 Å². The summed E-state index contributed by atoms with van der Waals surface area (Å²) < 4.78 is 0. The predicted molar refractivity (Wildman–Crippen MR) is 65.2 cm³/mol. The molecule has 2 rings (SSSR count). The van der Waals surface area contributed by atoms with E-state index in [1.54, 1.807) is 0 Å². The Morgan fingerprint density at radius 3 is 2.69 bits per heavy atom. The molecule has 0 aromatic heterocycles. The lowest BCUT2D eigenvalue weighted by Crippen LogP contribution is -2.48. The van der Waals surface area contributed by atoms with Crippen LogP contribution in [0, 0.1) is 5.92 Å². The summed E-state index contributed by atoms with van der Waals surface area (Å²) in [5.41, 5.74) is 0. The second kappa shape index (κ2) is 5.67. The van der Waals surface area contributed by atoms with Crippen molar-refractivity contribution in [3.63, 3.8) is 0 Å². The lowest BCUT2D eigenvalue weighted by Gasteiger charge is -2.40. The van der Waals surface area contributed by atoms with Crippen molar-refractivity contribution in [2.45, 2.75) is 51.0 Å². The summed E-state index contributed by atoms with van der Waals surface area (Å²) in [7, 11) is 1.99. The van der Waals surface area contributed by atoms with Crippen LogP contribution in [-0.4, -0.2) is 37.0 Å². The Morgan fingerprint density at radius 2 is 2.06 bits per heavy atom. The van der Waals surface area contributed by atoms with Gasteiger partial charge < -0.3 is 10.2 Å². The van der Waals surface area contributed by atoms with E-state index >= 15 is 0 Å². The van der Waals surface area contributed by atoms with Gasteiger partial charge in [-0.2, -0.15) is 0 Å². The number of amides is 1. The molecule has 92 valence electrons. The van der Waals surface area contributed by atoms with Gasteiger partial charge in [0.25, 0.3) is 0 Å². The Morgan fingerprint density at radius 1 is 1.25 bits per heavy atom. The highest BCUT2D eigenvalue weighted by Gasteiger charge is 2.33. The van der Waals surface area contributed by atoms with E-state index in [-0.39, 0.29) is 0 Å². The summed E-state index contributed by atoms with van der Waals surface area (Å²) >= 11 is 0. The number of rotatable bonds is 4. The monoisotopic (exact) mass is 224 g/mol. The zero-order valence-corrected chi connectivity index (χ0v) is 10.4. The van der Waals surface area contributed by atoms with Gasteiger partial charge in [-0.1, -0.05) is 6.42 Å². The molecule has 1 heterocycles. The Labute approximate surface area is 98.6 Å². The van der Waals surface area contributed by atoms with Crippen molar-refractivity contribution in [3.8, 4) is 0 Å². The first-order valence-corrected chi connectivity index (χ1v) is 6.78. The predicted octanol–water partition coefficient (Wildman–Crippen LogP) is 1.78. The van der Waals surface area contributed by atoms with E-state index in [1.807, 2.05) is 7.05 Å². The Kier molecular flexibility index (Phi) is 4.22. The number of carbonyl (C=O) groups excluding carboxylic acids is 1. The van der Waals surface area contributed by atoms with Gasteiger partial charge in [-0.15, -0.1) is 0 Å². The maximum absolute atomic E-state index is 12.3. The first-order valence-electron chi connectivity index (χ1n) is 6.78. The van der Waals surface area contributed by atoms with Crippen LogP contribution in [0.4, 0.5) is 0 Å². The van der Waals surface area contributed by atoms with E-state index in [2.05, 4.69) is 10.2 Å². The van der Waals surface area contributed by atoms with Gasteiger partial charge in [0.15, 0.2) is 0 Å². The van der Waals surface area contributed by atoms with Crippen LogP contribution in [0.3, 0.4) is 0 Å². The first kappa shape index (κ1) is 11.9. The molecule has 2 fully saturated rings. The lowest BCUT2D eigenvalue weighted by molar-refractivity contribution is -0.142. The van der Waals surface area contributed by atoms with Gasteiger partial charge in [-0.05, 0) is 52.1 Å². The summed E-state index contributed by atoms with van der Waals surface area (Å²) in [6, 6.07) is 0.509. The Bertz CT molecular complexity index is 238. The molecular weight excluding hydrogens is 200 g/mol. The van der Waals surface area contributed by atoms with Crippen molar-refractivity contribution >= 4 is 5.91 Å². The fourth-order valence-corrected chi connectivity index (χ4v) is 2.79. The largest absolute Gasteiger partial charge is 0.339 e. The number of carbonyl (C=O) groups is 1. The average Bonchev–Trinajstić information content (AvgIpc) is 2.24. The molecule has 1 unspecified atom stereocenters. The van der Waals surface area contributed by atoms with Gasteiger partial charge in [0, 0.05) is 18.5 Å². The highest BCUT2D eigenvalue weighted by atomic mass is 16.2. The standard InChI is InChI=1S/C13H24N2O/c1-14-9-8-12-7-2-3-10-15(12)13(16)11-5-4-6-11/h11-12,14H,2-10H2,1H3. The fourth-order valence-electron chi connectivity index (χ4n) is 2.79. The van der Waals surface area contributed by atoms with Gasteiger partial charge in [0.1, 0.15) is 0 Å². The van der Waals surface area contributed by atoms with E-state index in [1.165, 1.54) is 25.7 Å². The zero-order valence-electron chi connectivity index (χ0n) is 10.4. The van der Waals surface area contributed by atoms with Crippen LogP contribution in [0.25, 0.3) is 0 Å². The number of hydrogen-bond donors (Lipinski definition) is 1. The topological polar surface area (TPSA) is 32.3 Å². The van der Waals surface area contributed by atoms with E-state index in [9.17, 15) is 4.79 Å². The Hall–Kier alpha value is -0.570. The third-order valence-electron chi connectivity index (χ3n) is 4.09. The van der Waals surface area contributed by atoms with Crippen molar-refractivity contribution in [1.29, 1.82) is 0 Å². The molecule has 1 saturated heterocycles. The van der Waals surface area contributed by atoms with E-state index < -0.39 is 0 Å². The van der Waals surface area contributed by atoms with E-state index in [0.29, 0.717) is 17.9 Å². The maximum atomic E-state index is 12.3. The normalized spacial score (nSPS) is 26.6. The summed E-state index contributed by atoms with van der Waals surface area (Å²) in [6.45, 7) is 2.03. The second-order valence-electron chi connectivity index (χ2n) is 5.20. The number of piperidine rings is 1. The molecule has 0 radical (unpaired) electrons. The van der Waals surface area contributed by atoms with Gasteiger partial charge in [-0.25, -0.2) is 0 Å². The van der Waals surface area contributed by atoms with Crippen LogP contribution in [0.5, 0.6) is 0 Å². The average molecular weight is 224 g/mol. The van der Waals surface area contributed by atoms with Gasteiger partial charge in [0.05, 0.1) is 0 Å². The quantitative estimate of drug-likeness (QED) is 0.789. The summed E-state index contributed by atoms with van der Waals surface area (Å²) in [6.07, 6.45) is 8.35. The number of hydrogen-bond acceptors (Lipinski definition) is 2. The molecule has 1 amide bonds. The van der Waals surface area contributed by atoms with Crippen LogP contribution < -0.4 is 5.32 Å². The zero-order chi connectivity index (χ0) is 11.4. The summed E-state index contributed by atoms with van der Waals surface area (Å²) in [5.74, 6) is 0.822. The van der Waals surface area contributed by atoms with E-state index in [0.717, 1.165) is 32.4 Å². The molecule has 3 heteroatoms. The van der Waals surface area contributed by atoms with Gasteiger partial charge in [0.2, 0.25) is 5.91 Å². The minimum absolute atomic E-state index is 0.371. The summed E-state index contributed by atoms with van der Waals surface area (Å²) in [4.78, 5) is 14.4. The maximum Gasteiger partial charge on any atom is 0.225 e. The van der Waals surface area contributed by atoms with Crippen LogP contribution in [0.1, 0.15) is 44.9 Å². The van der Waals surface area contributed by atoms with E-state index in [4.69, 9.17) is 0 Å². The minimum atomic E-state index is 0.371. The van der Waals surface area contributed by atoms with Crippen molar-refractivity contribution in [2.24, 2.45) is 5.92 Å².